The number of para-hydroxylation sites is 1. The molecule has 0 saturated heterocycles. The lowest BCUT2D eigenvalue weighted by atomic mass is 10.2. The predicted molar refractivity (Wildman–Crippen MR) is 80.1 cm³/mol. The molecule has 0 aliphatic carbocycles. The molecule has 1 N–H and O–H groups in total. The normalized spacial score (nSPS) is 11.0. The highest BCUT2D eigenvalue weighted by Crippen LogP contribution is 2.09. The maximum atomic E-state index is 10.7. The molecule has 4 heteroatoms. The summed E-state index contributed by atoms with van der Waals surface area (Å²) in [4.78, 5) is 12.7. The van der Waals surface area contributed by atoms with Crippen molar-refractivity contribution in [2.24, 2.45) is 0 Å². The minimum atomic E-state index is -0.758. The number of aliphatic carboxylic acids is 1. The molecular weight excluding hydrogens is 254 g/mol. The average Bonchev–Trinajstić information content (AvgIpc) is 2.41. The van der Waals surface area contributed by atoms with Crippen molar-refractivity contribution in [2.75, 3.05) is 19.7 Å². The fourth-order valence-corrected chi connectivity index (χ4v) is 1.99. The highest BCUT2D eigenvalue weighted by molar-refractivity contribution is 5.69. The Bertz CT molecular complexity index is 379. The summed E-state index contributed by atoms with van der Waals surface area (Å²) >= 11 is 0. The Morgan fingerprint density at radius 2 is 1.90 bits per heavy atom. The fraction of sp³-hybridized carbons (Fsp3) is 0.562. The molecule has 0 radical (unpaired) electrons. The van der Waals surface area contributed by atoms with Crippen LogP contribution in [0.5, 0.6) is 5.75 Å². The summed E-state index contributed by atoms with van der Waals surface area (Å²) < 4.78 is 5.62. The average molecular weight is 279 g/mol. The summed E-state index contributed by atoms with van der Waals surface area (Å²) in [6.07, 6.45) is 3.05. The van der Waals surface area contributed by atoms with Crippen molar-refractivity contribution in [2.45, 2.75) is 39.2 Å². The highest BCUT2D eigenvalue weighted by Gasteiger charge is 2.12. The molecule has 0 saturated carbocycles. The second-order valence-corrected chi connectivity index (χ2v) is 5.18. The molecule has 20 heavy (non-hydrogen) atoms. The molecule has 0 bridgehead atoms. The number of carboxylic acids is 1. The van der Waals surface area contributed by atoms with E-state index < -0.39 is 5.97 Å². The van der Waals surface area contributed by atoms with Crippen LogP contribution in [-0.4, -0.2) is 41.7 Å². The van der Waals surface area contributed by atoms with E-state index >= 15 is 0 Å². The van der Waals surface area contributed by atoms with Gasteiger partial charge in [-0.05, 0) is 51.8 Å². The molecule has 0 unspecified atom stereocenters. The zero-order chi connectivity index (χ0) is 14.8. The Labute approximate surface area is 121 Å². The minimum absolute atomic E-state index is 0.123. The first-order valence-electron chi connectivity index (χ1n) is 7.23. The minimum Gasteiger partial charge on any atom is -0.494 e. The third-order valence-electron chi connectivity index (χ3n) is 3.17. The summed E-state index contributed by atoms with van der Waals surface area (Å²) in [5, 5.41) is 8.84. The molecule has 112 valence electrons. The summed E-state index contributed by atoms with van der Waals surface area (Å²) in [5.74, 6) is 0.147. The number of carbonyl (C=O) groups is 1. The number of hydrogen-bond donors (Lipinski definition) is 1. The quantitative estimate of drug-likeness (QED) is 0.669. The van der Waals surface area contributed by atoms with E-state index in [-0.39, 0.29) is 12.6 Å². The number of nitrogens with zero attached hydrogens (tertiary/aromatic N) is 1. The molecule has 0 aliphatic heterocycles. The van der Waals surface area contributed by atoms with Crippen LogP contribution in [0, 0.1) is 0 Å². The molecule has 1 aromatic rings. The second kappa shape index (κ2) is 9.37. The Morgan fingerprint density at radius 3 is 2.50 bits per heavy atom. The first-order chi connectivity index (χ1) is 9.59. The number of unbranched alkanes of at least 4 members (excludes halogenated alkanes) is 2. The lowest BCUT2D eigenvalue weighted by molar-refractivity contribution is -0.138. The van der Waals surface area contributed by atoms with E-state index in [1.54, 1.807) is 0 Å². The monoisotopic (exact) mass is 279 g/mol. The molecule has 1 rings (SSSR count). The molecule has 0 amide bonds. The van der Waals surface area contributed by atoms with Gasteiger partial charge in [-0.2, -0.15) is 0 Å². The zero-order valence-electron chi connectivity index (χ0n) is 12.4. The van der Waals surface area contributed by atoms with Gasteiger partial charge in [0.05, 0.1) is 13.2 Å². The van der Waals surface area contributed by atoms with Crippen LogP contribution in [0.3, 0.4) is 0 Å². The van der Waals surface area contributed by atoms with Gasteiger partial charge in [0.1, 0.15) is 5.75 Å². The Morgan fingerprint density at radius 1 is 1.20 bits per heavy atom. The first-order valence-corrected chi connectivity index (χ1v) is 7.23. The van der Waals surface area contributed by atoms with E-state index in [0.29, 0.717) is 6.61 Å². The van der Waals surface area contributed by atoms with Crippen LogP contribution in [-0.2, 0) is 4.79 Å². The van der Waals surface area contributed by atoms with Crippen molar-refractivity contribution in [1.82, 2.24) is 4.90 Å². The van der Waals surface area contributed by atoms with Gasteiger partial charge in [0.15, 0.2) is 0 Å². The van der Waals surface area contributed by atoms with Crippen molar-refractivity contribution < 1.29 is 14.6 Å². The van der Waals surface area contributed by atoms with Crippen molar-refractivity contribution in [3.05, 3.63) is 30.3 Å². The number of hydrogen-bond acceptors (Lipinski definition) is 3. The van der Waals surface area contributed by atoms with Crippen LogP contribution >= 0.6 is 0 Å². The molecule has 0 spiro atoms. The van der Waals surface area contributed by atoms with E-state index in [4.69, 9.17) is 9.84 Å². The molecule has 0 aliphatic rings. The molecule has 4 nitrogen and oxygen atoms in total. The third kappa shape index (κ3) is 7.14. The fourth-order valence-electron chi connectivity index (χ4n) is 1.99. The largest absolute Gasteiger partial charge is 0.494 e. The Hall–Kier alpha value is -1.55. The molecule has 0 aromatic heterocycles. The molecule has 1 aromatic carbocycles. The summed E-state index contributed by atoms with van der Waals surface area (Å²) in [6, 6.07) is 10.1. The van der Waals surface area contributed by atoms with Crippen LogP contribution in [0.4, 0.5) is 0 Å². The smallest absolute Gasteiger partial charge is 0.317 e. The Balaban J connectivity index is 2.10. The number of ether oxygens (including phenoxy) is 1. The summed E-state index contributed by atoms with van der Waals surface area (Å²) in [7, 11) is 0. The van der Waals surface area contributed by atoms with Crippen molar-refractivity contribution in [3.8, 4) is 5.75 Å². The number of benzene rings is 1. The van der Waals surface area contributed by atoms with Gasteiger partial charge in [0.2, 0.25) is 0 Å². The third-order valence-corrected chi connectivity index (χ3v) is 3.17. The predicted octanol–water partition coefficient (Wildman–Crippen LogP) is 3.03. The lowest BCUT2D eigenvalue weighted by Crippen LogP contribution is -2.36. The maximum Gasteiger partial charge on any atom is 0.317 e. The SMILES string of the molecule is CC(C)N(CCCCCOc1ccccc1)CC(=O)O. The summed E-state index contributed by atoms with van der Waals surface area (Å²) in [6.45, 7) is 5.72. The van der Waals surface area contributed by atoms with E-state index in [1.165, 1.54) is 0 Å². The van der Waals surface area contributed by atoms with Gasteiger partial charge < -0.3 is 9.84 Å². The van der Waals surface area contributed by atoms with Gasteiger partial charge in [0.25, 0.3) is 0 Å². The first kappa shape index (κ1) is 16.5. The highest BCUT2D eigenvalue weighted by atomic mass is 16.5. The standard InChI is InChI=1S/C16H25NO3/c1-14(2)17(13-16(18)19)11-7-4-8-12-20-15-9-5-3-6-10-15/h3,5-6,9-10,14H,4,7-8,11-13H2,1-2H3,(H,18,19). The van der Waals surface area contributed by atoms with Crippen LogP contribution in [0.15, 0.2) is 30.3 Å². The number of carboxylic acid groups (broad SMARTS) is 1. The van der Waals surface area contributed by atoms with Crippen LogP contribution in [0.2, 0.25) is 0 Å². The van der Waals surface area contributed by atoms with Crippen LogP contribution in [0.25, 0.3) is 0 Å². The zero-order valence-corrected chi connectivity index (χ0v) is 12.4. The van der Waals surface area contributed by atoms with Crippen molar-refractivity contribution in [3.63, 3.8) is 0 Å². The Kier molecular flexibility index (Phi) is 7.73. The van der Waals surface area contributed by atoms with Crippen LogP contribution in [0.1, 0.15) is 33.1 Å². The topological polar surface area (TPSA) is 49.8 Å². The molecule has 0 fully saturated rings. The van der Waals surface area contributed by atoms with Gasteiger partial charge in [-0.25, -0.2) is 0 Å². The van der Waals surface area contributed by atoms with Gasteiger partial charge in [0, 0.05) is 6.04 Å². The van der Waals surface area contributed by atoms with Gasteiger partial charge in [-0.3, -0.25) is 9.69 Å². The van der Waals surface area contributed by atoms with E-state index in [0.717, 1.165) is 31.6 Å². The van der Waals surface area contributed by atoms with Gasteiger partial charge in [-0.1, -0.05) is 18.2 Å². The van der Waals surface area contributed by atoms with Crippen LogP contribution < -0.4 is 4.74 Å². The summed E-state index contributed by atoms with van der Waals surface area (Å²) in [5.41, 5.74) is 0. The number of rotatable bonds is 10. The van der Waals surface area contributed by atoms with Crippen molar-refractivity contribution >= 4 is 5.97 Å². The molecular formula is C16H25NO3. The maximum absolute atomic E-state index is 10.7. The lowest BCUT2D eigenvalue weighted by Gasteiger charge is -2.24. The van der Waals surface area contributed by atoms with Crippen molar-refractivity contribution in [1.29, 1.82) is 0 Å². The second-order valence-electron chi connectivity index (χ2n) is 5.18. The van der Waals surface area contributed by atoms with E-state index in [2.05, 4.69) is 0 Å². The van der Waals surface area contributed by atoms with Gasteiger partial charge >= 0.3 is 5.97 Å². The van der Waals surface area contributed by atoms with E-state index in [1.807, 2.05) is 49.1 Å². The molecule has 0 heterocycles. The van der Waals surface area contributed by atoms with E-state index in [9.17, 15) is 4.79 Å². The molecule has 0 atom stereocenters. The van der Waals surface area contributed by atoms with Gasteiger partial charge in [-0.15, -0.1) is 0 Å².